The molecule has 92 valence electrons. The van der Waals surface area contributed by atoms with Gasteiger partial charge < -0.3 is 4.74 Å². The van der Waals surface area contributed by atoms with Crippen LogP contribution >= 0.6 is 38.5 Å². The Bertz CT molecular complexity index is 596. The minimum Gasteiger partial charge on any atom is -0.496 e. The summed E-state index contributed by atoms with van der Waals surface area (Å²) >= 11 is 5.55. The van der Waals surface area contributed by atoms with Crippen molar-refractivity contribution < 1.29 is 9.53 Å². The number of hydrogen-bond donors (Lipinski definition) is 0. The Morgan fingerprint density at radius 2 is 2.00 bits per heavy atom. The van der Waals surface area contributed by atoms with Gasteiger partial charge in [0.25, 0.3) is 0 Å². The molecule has 2 rings (SSSR count). The van der Waals surface area contributed by atoms with Gasteiger partial charge in [0.2, 0.25) is 0 Å². The van der Waals surface area contributed by atoms with Crippen molar-refractivity contribution in [3.63, 3.8) is 0 Å². The maximum atomic E-state index is 12.4. The molecule has 0 bridgehead atoms. The van der Waals surface area contributed by atoms with E-state index in [0.29, 0.717) is 16.9 Å². The summed E-state index contributed by atoms with van der Waals surface area (Å²) in [5, 5.41) is 0. The molecule has 2 aromatic rings. The molecule has 0 saturated heterocycles. The second kappa shape index (κ2) is 5.84. The van der Waals surface area contributed by atoms with Gasteiger partial charge in [-0.3, -0.25) is 4.79 Å². The topological polar surface area (TPSA) is 26.3 Å². The molecule has 0 amide bonds. The van der Waals surface area contributed by atoms with Crippen molar-refractivity contribution >= 4 is 44.3 Å². The van der Waals surface area contributed by atoms with Crippen LogP contribution in [0.1, 0.15) is 15.9 Å². The van der Waals surface area contributed by atoms with E-state index in [1.807, 2.05) is 36.4 Å². The maximum absolute atomic E-state index is 12.4. The van der Waals surface area contributed by atoms with Crippen LogP contribution in [0.5, 0.6) is 5.75 Å². The number of hydrogen-bond acceptors (Lipinski definition) is 2. The molecule has 0 fully saturated rings. The Morgan fingerprint density at radius 3 is 2.67 bits per heavy atom. The fourth-order valence-corrected chi connectivity index (χ4v) is 2.53. The lowest BCUT2D eigenvalue weighted by atomic mass is 10.0. The van der Waals surface area contributed by atoms with Gasteiger partial charge in [0.15, 0.2) is 5.78 Å². The van der Waals surface area contributed by atoms with E-state index in [1.54, 1.807) is 13.2 Å². The molecule has 0 heterocycles. The molecule has 0 aromatic heterocycles. The normalized spacial score (nSPS) is 10.2. The summed E-state index contributed by atoms with van der Waals surface area (Å²) in [6.45, 7) is 0. The Hall–Kier alpha value is -0.880. The third-order valence-corrected chi connectivity index (χ3v) is 3.66. The quantitative estimate of drug-likeness (QED) is 0.551. The zero-order valence-corrected chi connectivity index (χ0v) is 13.4. The summed E-state index contributed by atoms with van der Waals surface area (Å²) in [4.78, 5) is 12.4. The lowest BCUT2D eigenvalue weighted by molar-refractivity contribution is 0.103. The van der Waals surface area contributed by atoms with Gasteiger partial charge in [-0.15, -0.1) is 0 Å². The average Bonchev–Trinajstić information content (AvgIpc) is 2.38. The molecule has 18 heavy (non-hydrogen) atoms. The van der Waals surface area contributed by atoms with Crippen molar-refractivity contribution in [2.45, 2.75) is 0 Å². The highest BCUT2D eigenvalue weighted by Crippen LogP contribution is 2.24. The largest absolute Gasteiger partial charge is 0.496 e. The van der Waals surface area contributed by atoms with Crippen molar-refractivity contribution in [2.24, 2.45) is 0 Å². The first-order valence-corrected chi connectivity index (χ1v) is 7.13. The van der Waals surface area contributed by atoms with E-state index in [0.717, 1.165) is 8.04 Å². The standard InChI is InChI=1S/C14H10BrIO2/c1-18-13-6-5-11(16)8-12(13)14(17)9-3-2-4-10(15)7-9/h2-8H,1H3. The zero-order chi connectivity index (χ0) is 13.1. The predicted molar refractivity (Wildman–Crippen MR) is 83.3 cm³/mol. The highest BCUT2D eigenvalue weighted by molar-refractivity contribution is 14.1. The van der Waals surface area contributed by atoms with Crippen molar-refractivity contribution in [3.8, 4) is 5.75 Å². The number of rotatable bonds is 3. The van der Waals surface area contributed by atoms with Crippen LogP contribution in [0.15, 0.2) is 46.9 Å². The molecule has 0 aliphatic rings. The maximum Gasteiger partial charge on any atom is 0.196 e. The third-order valence-electron chi connectivity index (χ3n) is 2.49. The lowest BCUT2D eigenvalue weighted by Crippen LogP contribution is -2.04. The van der Waals surface area contributed by atoms with E-state index in [4.69, 9.17) is 4.74 Å². The second-order valence-electron chi connectivity index (χ2n) is 3.68. The van der Waals surface area contributed by atoms with Gasteiger partial charge in [-0.25, -0.2) is 0 Å². The van der Waals surface area contributed by atoms with Crippen molar-refractivity contribution in [2.75, 3.05) is 7.11 Å². The number of methoxy groups -OCH3 is 1. The summed E-state index contributed by atoms with van der Waals surface area (Å²) in [6, 6.07) is 12.9. The van der Waals surface area contributed by atoms with Crippen LogP contribution in [-0.4, -0.2) is 12.9 Å². The first-order chi connectivity index (χ1) is 8.61. The van der Waals surface area contributed by atoms with E-state index in [2.05, 4.69) is 38.5 Å². The van der Waals surface area contributed by atoms with Crippen LogP contribution in [0.25, 0.3) is 0 Å². The molecular formula is C14H10BrIO2. The number of benzene rings is 2. The van der Waals surface area contributed by atoms with Crippen LogP contribution in [-0.2, 0) is 0 Å². The Balaban J connectivity index is 2.48. The molecule has 2 nitrogen and oxygen atoms in total. The fourth-order valence-electron chi connectivity index (χ4n) is 1.64. The number of halogens is 2. The molecule has 0 N–H and O–H groups in total. The number of carbonyl (C=O) groups excluding carboxylic acids is 1. The minimum atomic E-state index is -0.0355. The van der Waals surface area contributed by atoms with Crippen molar-refractivity contribution in [1.29, 1.82) is 0 Å². The van der Waals surface area contributed by atoms with Gasteiger partial charge in [0, 0.05) is 13.6 Å². The van der Waals surface area contributed by atoms with E-state index in [9.17, 15) is 4.79 Å². The minimum absolute atomic E-state index is 0.0355. The third kappa shape index (κ3) is 2.92. The van der Waals surface area contributed by atoms with Gasteiger partial charge in [-0.05, 0) is 52.9 Å². The Kier molecular flexibility index (Phi) is 4.40. The summed E-state index contributed by atoms with van der Waals surface area (Å²) in [5.74, 6) is 0.562. The molecule has 0 unspecified atom stereocenters. The SMILES string of the molecule is COc1ccc(I)cc1C(=O)c1cccc(Br)c1. The van der Waals surface area contributed by atoms with E-state index in [-0.39, 0.29) is 5.78 Å². The van der Waals surface area contributed by atoms with Gasteiger partial charge in [0.05, 0.1) is 12.7 Å². The molecule has 2 aromatic carbocycles. The van der Waals surface area contributed by atoms with Crippen LogP contribution in [0, 0.1) is 3.57 Å². The number of ether oxygens (including phenoxy) is 1. The smallest absolute Gasteiger partial charge is 0.196 e. The van der Waals surface area contributed by atoms with Gasteiger partial charge in [-0.1, -0.05) is 28.1 Å². The Morgan fingerprint density at radius 1 is 1.22 bits per heavy atom. The number of carbonyl (C=O) groups is 1. The van der Waals surface area contributed by atoms with Crippen LogP contribution in [0.2, 0.25) is 0 Å². The average molecular weight is 417 g/mol. The Labute approximate surface area is 128 Å². The van der Waals surface area contributed by atoms with Crippen LogP contribution in [0.3, 0.4) is 0 Å². The van der Waals surface area contributed by atoms with Crippen molar-refractivity contribution in [3.05, 3.63) is 61.6 Å². The monoisotopic (exact) mass is 416 g/mol. The second-order valence-corrected chi connectivity index (χ2v) is 5.85. The fraction of sp³-hybridized carbons (Fsp3) is 0.0714. The van der Waals surface area contributed by atoms with Crippen LogP contribution < -0.4 is 4.74 Å². The molecule has 0 radical (unpaired) electrons. The first kappa shape index (κ1) is 13.5. The van der Waals surface area contributed by atoms with E-state index in [1.165, 1.54) is 0 Å². The molecule has 0 spiro atoms. The first-order valence-electron chi connectivity index (χ1n) is 5.25. The summed E-state index contributed by atoms with van der Waals surface area (Å²) < 4.78 is 7.13. The molecular weight excluding hydrogens is 407 g/mol. The van der Waals surface area contributed by atoms with Gasteiger partial charge >= 0.3 is 0 Å². The number of ketones is 1. The van der Waals surface area contributed by atoms with E-state index >= 15 is 0 Å². The summed E-state index contributed by atoms with van der Waals surface area (Å²) in [5.41, 5.74) is 1.23. The molecule has 0 aliphatic heterocycles. The predicted octanol–water partition coefficient (Wildman–Crippen LogP) is 4.29. The highest BCUT2D eigenvalue weighted by atomic mass is 127. The zero-order valence-electron chi connectivity index (χ0n) is 9.61. The van der Waals surface area contributed by atoms with Gasteiger partial charge in [0.1, 0.15) is 5.75 Å². The highest BCUT2D eigenvalue weighted by Gasteiger charge is 2.15. The lowest BCUT2D eigenvalue weighted by Gasteiger charge is -2.08. The molecule has 4 heteroatoms. The summed E-state index contributed by atoms with van der Waals surface area (Å²) in [7, 11) is 1.57. The molecule has 0 aliphatic carbocycles. The van der Waals surface area contributed by atoms with Gasteiger partial charge in [-0.2, -0.15) is 0 Å². The van der Waals surface area contributed by atoms with Crippen molar-refractivity contribution in [1.82, 2.24) is 0 Å². The van der Waals surface area contributed by atoms with Crippen LogP contribution in [0.4, 0.5) is 0 Å². The summed E-state index contributed by atoms with van der Waals surface area (Å²) in [6.07, 6.45) is 0. The van der Waals surface area contributed by atoms with E-state index < -0.39 is 0 Å². The molecule has 0 atom stereocenters. The molecule has 0 saturated carbocycles.